The molecule has 0 saturated carbocycles. The molecule has 0 aliphatic carbocycles. The zero-order chi connectivity index (χ0) is 13.7. The van der Waals surface area contributed by atoms with Crippen LogP contribution in [0.2, 0.25) is 0 Å². The van der Waals surface area contributed by atoms with Crippen molar-refractivity contribution in [3.05, 3.63) is 69.3 Å². The molecule has 19 heavy (non-hydrogen) atoms. The van der Waals surface area contributed by atoms with E-state index in [0.29, 0.717) is 12.1 Å². The molecule has 0 saturated heterocycles. The molecule has 0 aliphatic heterocycles. The first-order valence-corrected chi connectivity index (χ1v) is 6.94. The van der Waals surface area contributed by atoms with E-state index in [9.17, 15) is 4.79 Å². The molecule has 1 amide bonds. The average Bonchev–Trinajstić information content (AvgIpc) is 2.46. The molecule has 2 rings (SSSR count). The smallest absolute Gasteiger partial charge is 0.274 e. The van der Waals surface area contributed by atoms with Gasteiger partial charge in [-0.1, -0.05) is 30.3 Å². The number of carbonyl (C=O) groups excluding carboxylic acids is 1. The highest BCUT2D eigenvalue weighted by Crippen LogP contribution is 2.12. The third kappa shape index (κ3) is 3.78. The van der Waals surface area contributed by atoms with E-state index in [2.05, 4.69) is 22.6 Å². The van der Waals surface area contributed by atoms with Gasteiger partial charge in [0.15, 0.2) is 0 Å². The van der Waals surface area contributed by atoms with Crippen molar-refractivity contribution in [3.63, 3.8) is 0 Å². The SMILES string of the molecule is CON(Cc1ccccc1)C(=O)c1ccc(I)cc1. The van der Waals surface area contributed by atoms with Crippen molar-refractivity contribution in [2.75, 3.05) is 7.11 Å². The summed E-state index contributed by atoms with van der Waals surface area (Å²) in [4.78, 5) is 17.5. The van der Waals surface area contributed by atoms with Gasteiger partial charge < -0.3 is 0 Å². The number of hydroxylamine groups is 2. The fraction of sp³-hybridized carbons (Fsp3) is 0.133. The monoisotopic (exact) mass is 367 g/mol. The van der Waals surface area contributed by atoms with Crippen LogP contribution in [-0.4, -0.2) is 18.1 Å². The highest BCUT2D eigenvalue weighted by atomic mass is 127. The number of hydrogen-bond donors (Lipinski definition) is 0. The Morgan fingerprint density at radius 2 is 1.74 bits per heavy atom. The number of hydrogen-bond acceptors (Lipinski definition) is 2. The molecule has 0 spiro atoms. The van der Waals surface area contributed by atoms with Crippen LogP contribution in [-0.2, 0) is 11.4 Å². The van der Waals surface area contributed by atoms with Gasteiger partial charge in [0.25, 0.3) is 5.91 Å². The maximum absolute atomic E-state index is 12.3. The molecule has 0 atom stereocenters. The van der Waals surface area contributed by atoms with E-state index in [1.807, 2.05) is 42.5 Å². The topological polar surface area (TPSA) is 29.5 Å². The van der Waals surface area contributed by atoms with E-state index in [1.165, 1.54) is 12.2 Å². The van der Waals surface area contributed by atoms with Crippen LogP contribution in [0.3, 0.4) is 0 Å². The summed E-state index contributed by atoms with van der Waals surface area (Å²) in [6, 6.07) is 17.2. The summed E-state index contributed by atoms with van der Waals surface area (Å²) in [5, 5.41) is 1.36. The average molecular weight is 367 g/mol. The number of nitrogens with zero attached hydrogens (tertiary/aromatic N) is 1. The Balaban J connectivity index is 2.13. The molecule has 0 aliphatic rings. The number of amides is 1. The van der Waals surface area contributed by atoms with Crippen LogP contribution in [0.4, 0.5) is 0 Å². The largest absolute Gasteiger partial charge is 0.277 e. The Hall–Kier alpha value is -1.40. The summed E-state index contributed by atoms with van der Waals surface area (Å²) < 4.78 is 1.10. The highest BCUT2D eigenvalue weighted by molar-refractivity contribution is 14.1. The summed E-state index contributed by atoms with van der Waals surface area (Å²) in [6.45, 7) is 0.433. The van der Waals surface area contributed by atoms with Crippen LogP contribution in [0.25, 0.3) is 0 Å². The molecule has 0 aromatic heterocycles. The molecule has 0 heterocycles. The summed E-state index contributed by atoms with van der Waals surface area (Å²) in [7, 11) is 1.51. The van der Waals surface area contributed by atoms with Crippen LogP contribution >= 0.6 is 22.6 Å². The zero-order valence-corrected chi connectivity index (χ0v) is 12.7. The minimum Gasteiger partial charge on any atom is -0.274 e. The van der Waals surface area contributed by atoms with Gasteiger partial charge in [-0.05, 0) is 52.4 Å². The van der Waals surface area contributed by atoms with E-state index in [1.54, 1.807) is 12.1 Å². The number of rotatable bonds is 4. The van der Waals surface area contributed by atoms with Gasteiger partial charge in [-0.3, -0.25) is 9.63 Å². The normalized spacial score (nSPS) is 10.2. The molecule has 3 nitrogen and oxygen atoms in total. The van der Waals surface area contributed by atoms with Gasteiger partial charge in [-0.15, -0.1) is 0 Å². The Morgan fingerprint density at radius 1 is 1.11 bits per heavy atom. The van der Waals surface area contributed by atoms with Crippen molar-refractivity contribution in [1.29, 1.82) is 0 Å². The Morgan fingerprint density at radius 3 is 2.32 bits per heavy atom. The van der Waals surface area contributed by atoms with Gasteiger partial charge in [-0.25, -0.2) is 5.06 Å². The van der Waals surface area contributed by atoms with Crippen molar-refractivity contribution in [2.24, 2.45) is 0 Å². The molecule has 2 aromatic carbocycles. The highest BCUT2D eigenvalue weighted by Gasteiger charge is 2.15. The van der Waals surface area contributed by atoms with Gasteiger partial charge >= 0.3 is 0 Å². The van der Waals surface area contributed by atoms with Crippen LogP contribution in [0, 0.1) is 3.57 Å². The van der Waals surface area contributed by atoms with Gasteiger partial charge in [0.1, 0.15) is 0 Å². The lowest BCUT2D eigenvalue weighted by Gasteiger charge is -2.19. The van der Waals surface area contributed by atoms with Crippen LogP contribution in [0.1, 0.15) is 15.9 Å². The lowest BCUT2D eigenvalue weighted by atomic mass is 10.2. The standard InChI is InChI=1S/C15H14INO2/c1-19-17(11-12-5-3-2-4-6-12)15(18)13-7-9-14(16)10-8-13/h2-10H,11H2,1H3. The van der Waals surface area contributed by atoms with E-state index >= 15 is 0 Å². The molecular formula is C15H14INO2. The Labute approximate surface area is 126 Å². The second-order valence-electron chi connectivity index (χ2n) is 4.02. The van der Waals surface area contributed by atoms with E-state index in [4.69, 9.17) is 4.84 Å². The summed E-state index contributed by atoms with van der Waals surface area (Å²) in [5.74, 6) is -0.136. The van der Waals surface area contributed by atoms with Crippen molar-refractivity contribution in [2.45, 2.75) is 6.54 Å². The molecule has 98 valence electrons. The first kappa shape index (κ1) is 14.0. The number of benzene rings is 2. The minimum atomic E-state index is -0.136. The minimum absolute atomic E-state index is 0.136. The summed E-state index contributed by atoms with van der Waals surface area (Å²) in [6.07, 6.45) is 0. The molecule has 0 fully saturated rings. The third-order valence-corrected chi connectivity index (χ3v) is 3.43. The van der Waals surface area contributed by atoms with Gasteiger partial charge in [0.2, 0.25) is 0 Å². The third-order valence-electron chi connectivity index (χ3n) is 2.71. The lowest BCUT2D eigenvalue weighted by Crippen LogP contribution is -2.29. The summed E-state index contributed by atoms with van der Waals surface area (Å²) in [5.41, 5.74) is 1.65. The number of halogens is 1. The fourth-order valence-corrected chi connectivity index (χ4v) is 2.06. The van der Waals surface area contributed by atoms with E-state index in [-0.39, 0.29) is 5.91 Å². The second-order valence-corrected chi connectivity index (χ2v) is 5.26. The van der Waals surface area contributed by atoms with E-state index < -0.39 is 0 Å². The molecule has 0 radical (unpaired) electrons. The molecule has 2 aromatic rings. The quantitative estimate of drug-likeness (QED) is 0.612. The van der Waals surface area contributed by atoms with Crippen molar-refractivity contribution < 1.29 is 9.63 Å². The van der Waals surface area contributed by atoms with Crippen LogP contribution in [0.15, 0.2) is 54.6 Å². The molecular weight excluding hydrogens is 353 g/mol. The first-order chi connectivity index (χ1) is 9.20. The summed E-state index contributed by atoms with van der Waals surface area (Å²) >= 11 is 2.21. The van der Waals surface area contributed by atoms with Crippen LogP contribution < -0.4 is 0 Å². The van der Waals surface area contributed by atoms with Gasteiger partial charge in [0.05, 0.1) is 13.7 Å². The van der Waals surface area contributed by atoms with Gasteiger partial charge in [0, 0.05) is 9.13 Å². The maximum Gasteiger partial charge on any atom is 0.277 e. The van der Waals surface area contributed by atoms with Crippen molar-refractivity contribution in [3.8, 4) is 0 Å². The van der Waals surface area contributed by atoms with E-state index in [0.717, 1.165) is 9.13 Å². The Bertz CT molecular complexity index is 540. The molecule has 0 bridgehead atoms. The molecule has 0 unspecified atom stereocenters. The molecule has 0 N–H and O–H groups in total. The van der Waals surface area contributed by atoms with Gasteiger partial charge in [-0.2, -0.15) is 0 Å². The first-order valence-electron chi connectivity index (χ1n) is 5.86. The molecule has 4 heteroatoms. The van der Waals surface area contributed by atoms with Crippen molar-refractivity contribution in [1.82, 2.24) is 5.06 Å². The predicted octanol–water partition coefficient (Wildman–Crippen LogP) is 3.50. The lowest BCUT2D eigenvalue weighted by molar-refractivity contribution is -0.102. The number of carbonyl (C=O) groups is 1. The Kier molecular flexibility index (Phi) is 4.93. The predicted molar refractivity (Wildman–Crippen MR) is 82.5 cm³/mol. The zero-order valence-electron chi connectivity index (χ0n) is 10.5. The second kappa shape index (κ2) is 6.68. The fourth-order valence-electron chi connectivity index (χ4n) is 1.70. The van der Waals surface area contributed by atoms with Crippen molar-refractivity contribution >= 4 is 28.5 Å². The maximum atomic E-state index is 12.3. The van der Waals surface area contributed by atoms with Crippen LogP contribution in [0.5, 0.6) is 0 Å².